The maximum Gasteiger partial charge on any atom is 0.241 e. The third-order valence-corrected chi connectivity index (χ3v) is 3.09. The van der Waals surface area contributed by atoms with E-state index in [1.807, 2.05) is 13.8 Å². The maximum atomic E-state index is 11.8. The fourth-order valence-electron chi connectivity index (χ4n) is 1.78. The minimum absolute atomic E-state index is 0.116. The molecule has 1 saturated heterocycles. The van der Waals surface area contributed by atoms with Crippen molar-refractivity contribution in [2.75, 3.05) is 0 Å². The molecule has 0 aromatic carbocycles. The lowest BCUT2D eigenvalue weighted by Crippen LogP contribution is -2.62. The number of carbonyl (C=O) groups excluding carboxylic acids is 2. The lowest BCUT2D eigenvalue weighted by atomic mass is 9.77. The highest BCUT2D eigenvalue weighted by Gasteiger charge is 2.47. The van der Waals surface area contributed by atoms with Gasteiger partial charge in [0, 0.05) is 0 Å². The van der Waals surface area contributed by atoms with Crippen LogP contribution < -0.4 is 10.6 Å². The Hall–Kier alpha value is -0.970. The molecule has 84 valence electrons. The van der Waals surface area contributed by atoms with Crippen molar-refractivity contribution in [3.05, 3.63) is 0 Å². The fraction of sp³-hybridized carbons (Fsp3) is 0.700. The first-order valence-electron chi connectivity index (χ1n) is 5.23. The summed E-state index contributed by atoms with van der Waals surface area (Å²) < 4.78 is 0. The molecular formula is C10H16N2O2S. The number of nitrogens with one attached hydrogen (secondary N) is 2. The highest BCUT2D eigenvalue weighted by atomic mass is 32.1. The smallest absolute Gasteiger partial charge is 0.241 e. The molecule has 1 aliphatic heterocycles. The van der Waals surface area contributed by atoms with Crippen LogP contribution in [0.3, 0.4) is 0 Å². The Bertz CT molecular complexity index is 282. The number of hydrogen-bond acceptors (Lipinski definition) is 3. The van der Waals surface area contributed by atoms with E-state index in [2.05, 4.69) is 10.6 Å². The number of hydrogen-bond donors (Lipinski definition) is 2. The standard InChI is InChI=1S/C10H16N2O2S/c1-3-5-6-10(4-2)7(13)11-9(15)12-8(10)14/h3-6H2,1-2H3,(H2,11,12,13,14,15). The Labute approximate surface area is 94.8 Å². The molecule has 5 heteroatoms. The van der Waals surface area contributed by atoms with Crippen molar-refractivity contribution in [1.29, 1.82) is 0 Å². The average molecular weight is 228 g/mol. The Balaban J connectivity index is 2.89. The average Bonchev–Trinajstić information content (AvgIpc) is 2.17. The van der Waals surface area contributed by atoms with E-state index in [4.69, 9.17) is 12.2 Å². The lowest BCUT2D eigenvalue weighted by molar-refractivity contribution is -0.144. The van der Waals surface area contributed by atoms with E-state index in [0.717, 1.165) is 12.8 Å². The molecule has 0 spiro atoms. The van der Waals surface area contributed by atoms with Crippen LogP contribution in [0.1, 0.15) is 39.5 Å². The van der Waals surface area contributed by atoms with E-state index in [1.165, 1.54) is 0 Å². The third-order valence-electron chi connectivity index (χ3n) is 2.88. The predicted molar refractivity (Wildman–Crippen MR) is 61.1 cm³/mol. The van der Waals surface area contributed by atoms with Crippen LogP contribution in [0.25, 0.3) is 0 Å². The monoisotopic (exact) mass is 228 g/mol. The molecule has 1 heterocycles. The van der Waals surface area contributed by atoms with Crippen LogP contribution in [-0.4, -0.2) is 16.9 Å². The minimum Gasteiger partial charge on any atom is -0.302 e. The molecule has 0 saturated carbocycles. The van der Waals surface area contributed by atoms with Crippen molar-refractivity contribution in [2.24, 2.45) is 5.41 Å². The van der Waals surface area contributed by atoms with Gasteiger partial charge in [-0.25, -0.2) is 0 Å². The third kappa shape index (κ3) is 2.17. The van der Waals surface area contributed by atoms with Gasteiger partial charge in [-0.15, -0.1) is 0 Å². The van der Waals surface area contributed by atoms with Gasteiger partial charge in [-0.05, 0) is 25.1 Å². The second-order valence-electron chi connectivity index (χ2n) is 3.78. The van der Waals surface area contributed by atoms with Crippen molar-refractivity contribution >= 4 is 29.1 Å². The van der Waals surface area contributed by atoms with Crippen molar-refractivity contribution in [3.8, 4) is 0 Å². The van der Waals surface area contributed by atoms with Crippen molar-refractivity contribution in [2.45, 2.75) is 39.5 Å². The van der Waals surface area contributed by atoms with Crippen LogP contribution >= 0.6 is 12.2 Å². The topological polar surface area (TPSA) is 58.2 Å². The molecule has 1 rings (SSSR count). The quantitative estimate of drug-likeness (QED) is 0.559. The zero-order valence-electron chi connectivity index (χ0n) is 9.05. The Morgan fingerprint density at radius 1 is 1.20 bits per heavy atom. The van der Waals surface area contributed by atoms with Crippen LogP contribution in [0.2, 0.25) is 0 Å². The summed E-state index contributed by atoms with van der Waals surface area (Å²) in [6, 6.07) is 0. The molecule has 0 aromatic rings. The summed E-state index contributed by atoms with van der Waals surface area (Å²) >= 11 is 4.76. The first-order valence-corrected chi connectivity index (χ1v) is 5.64. The summed E-state index contributed by atoms with van der Waals surface area (Å²) in [7, 11) is 0. The van der Waals surface area contributed by atoms with Crippen LogP contribution in [0, 0.1) is 5.41 Å². The highest BCUT2D eigenvalue weighted by Crippen LogP contribution is 2.31. The first-order chi connectivity index (χ1) is 7.06. The molecule has 0 bridgehead atoms. The molecule has 0 unspecified atom stereocenters. The molecule has 0 atom stereocenters. The molecule has 15 heavy (non-hydrogen) atoms. The van der Waals surface area contributed by atoms with Crippen LogP contribution in [0.5, 0.6) is 0 Å². The molecule has 1 aliphatic rings. The SMILES string of the molecule is CCCCC1(CC)C(=O)NC(=S)NC1=O. The van der Waals surface area contributed by atoms with Crippen LogP contribution in [0.4, 0.5) is 0 Å². The number of carbonyl (C=O) groups is 2. The van der Waals surface area contributed by atoms with Gasteiger partial charge in [0.15, 0.2) is 5.11 Å². The minimum atomic E-state index is -0.918. The lowest BCUT2D eigenvalue weighted by Gasteiger charge is -2.34. The fourth-order valence-corrected chi connectivity index (χ4v) is 1.97. The Morgan fingerprint density at radius 3 is 2.13 bits per heavy atom. The number of rotatable bonds is 4. The van der Waals surface area contributed by atoms with E-state index in [9.17, 15) is 9.59 Å². The van der Waals surface area contributed by atoms with Gasteiger partial charge in [0.1, 0.15) is 5.41 Å². The van der Waals surface area contributed by atoms with Crippen molar-refractivity contribution in [1.82, 2.24) is 10.6 Å². The number of unbranched alkanes of at least 4 members (excludes halogenated alkanes) is 1. The predicted octanol–water partition coefficient (Wildman–Crippen LogP) is 1.10. The summed E-state index contributed by atoms with van der Waals surface area (Å²) in [5, 5.41) is 5.16. The Morgan fingerprint density at radius 2 is 1.73 bits per heavy atom. The molecule has 1 fully saturated rings. The summed E-state index contributed by atoms with van der Waals surface area (Å²) in [5.41, 5.74) is -0.918. The summed E-state index contributed by atoms with van der Waals surface area (Å²) in [6.07, 6.45) is 2.92. The molecule has 2 amide bonds. The zero-order valence-corrected chi connectivity index (χ0v) is 9.87. The molecule has 0 radical (unpaired) electrons. The highest BCUT2D eigenvalue weighted by molar-refractivity contribution is 7.80. The van der Waals surface area contributed by atoms with Gasteiger partial charge >= 0.3 is 0 Å². The van der Waals surface area contributed by atoms with Gasteiger partial charge < -0.3 is 10.6 Å². The van der Waals surface area contributed by atoms with Gasteiger partial charge in [-0.3, -0.25) is 9.59 Å². The van der Waals surface area contributed by atoms with E-state index in [0.29, 0.717) is 12.8 Å². The van der Waals surface area contributed by atoms with Crippen molar-refractivity contribution in [3.63, 3.8) is 0 Å². The zero-order chi connectivity index (χ0) is 11.5. The number of amides is 2. The molecular weight excluding hydrogens is 212 g/mol. The second kappa shape index (κ2) is 4.70. The van der Waals surface area contributed by atoms with Gasteiger partial charge in [0.05, 0.1) is 0 Å². The van der Waals surface area contributed by atoms with Gasteiger partial charge in [-0.1, -0.05) is 26.7 Å². The summed E-state index contributed by atoms with van der Waals surface area (Å²) in [6.45, 7) is 3.88. The van der Waals surface area contributed by atoms with E-state index >= 15 is 0 Å². The van der Waals surface area contributed by atoms with Gasteiger partial charge in [0.2, 0.25) is 11.8 Å². The van der Waals surface area contributed by atoms with Gasteiger partial charge in [0.25, 0.3) is 0 Å². The molecule has 2 N–H and O–H groups in total. The maximum absolute atomic E-state index is 11.8. The van der Waals surface area contributed by atoms with E-state index in [1.54, 1.807) is 0 Å². The van der Waals surface area contributed by atoms with E-state index in [-0.39, 0.29) is 16.9 Å². The first kappa shape index (κ1) is 12.1. The largest absolute Gasteiger partial charge is 0.302 e. The molecule has 0 aliphatic carbocycles. The normalized spacial score (nSPS) is 19.7. The van der Waals surface area contributed by atoms with Crippen LogP contribution in [0.15, 0.2) is 0 Å². The summed E-state index contributed by atoms with van der Waals surface area (Å²) in [5.74, 6) is -0.514. The Kier molecular flexibility index (Phi) is 3.79. The van der Waals surface area contributed by atoms with Crippen LogP contribution in [-0.2, 0) is 9.59 Å². The second-order valence-corrected chi connectivity index (χ2v) is 4.18. The summed E-state index contributed by atoms with van der Waals surface area (Å²) in [4.78, 5) is 23.6. The van der Waals surface area contributed by atoms with Gasteiger partial charge in [-0.2, -0.15) is 0 Å². The molecule has 4 nitrogen and oxygen atoms in total. The van der Waals surface area contributed by atoms with Crippen molar-refractivity contribution < 1.29 is 9.59 Å². The molecule has 0 aromatic heterocycles. The van der Waals surface area contributed by atoms with E-state index < -0.39 is 5.41 Å². The number of thiocarbonyl (C=S) groups is 1.